The molecule has 0 radical (unpaired) electrons. The molecule has 0 spiro atoms. The van der Waals surface area contributed by atoms with Gasteiger partial charge in [-0.3, -0.25) is 4.79 Å². The van der Waals surface area contributed by atoms with Crippen LogP contribution in [0.25, 0.3) is 5.69 Å². The highest BCUT2D eigenvalue weighted by Crippen LogP contribution is 2.31. The van der Waals surface area contributed by atoms with E-state index >= 15 is 0 Å². The maximum Gasteiger partial charge on any atom is 0.298 e. The van der Waals surface area contributed by atoms with Gasteiger partial charge in [0.25, 0.3) is 5.03 Å². The molecule has 3 aromatic rings. The van der Waals surface area contributed by atoms with Crippen molar-refractivity contribution in [2.45, 2.75) is 24.1 Å². The first-order valence-corrected chi connectivity index (χ1v) is 9.66. The second kappa shape index (κ2) is 8.87. The van der Waals surface area contributed by atoms with Gasteiger partial charge in [0.2, 0.25) is 11.6 Å². The van der Waals surface area contributed by atoms with Crippen molar-refractivity contribution in [3.05, 3.63) is 48.0 Å². The van der Waals surface area contributed by atoms with Crippen molar-refractivity contribution < 1.29 is 28.6 Å². The van der Waals surface area contributed by atoms with E-state index in [1.165, 1.54) is 18.9 Å². The quantitative estimate of drug-likeness (QED) is 0.467. The zero-order valence-corrected chi connectivity index (χ0v) is 17.3. The van der Waals surface area contributed by atoms with Crippen LogP contribution in [0.5, 0.6) is 17.4 Å². The lowest BCUT2D eigenvalue weighted by molar-refractivity contribution is -0.705. The number of nitrogens with zero attached hydrogens (tertiary/aromatic N) is 2. The van der Waals surface area contributed by atoms with E-state index in [2.05, 4.69) is 10.6 Å². The Labute approximate surface area is 172 Å². The third-order valence-electron chi connectivity index (χ3n) is 4.17. The SMILES string of the molecule is COc1ccc(OC)c(NC(=O)C(C)Sc2c([O-])on[n+]2-c2ccc(C)cc2)c1. The van der Waals surface area contributed by atoms with Crippen LogP contribution < -0.4 is 24.6 Å². The Hall–Kier alpha value is -3.20. The van der Waals surface area contributed by atoms with Crippen molar-refractivity contribution in [3.8, 4) is 23.1 Å². The normalized spacial score (nSPS) is 11.7. The predicted molar refractivity (Wildman–Crippen MR) is 106 cm³/mol. The lowest BCUT2D eigenvalue weighted by Gasteiger charge is -2.14. The average molecular weight is 415 g/mol. The van der Waals surface area contributed by atoms with Gasteiger partial charge in [-0.2, -0.15) is 0 Å². The molecule has 0 fully saturated rings. The molecule has 3 rings (SSSR count). The Morgan fingerprint density at radius 3 is 2.59 bits per heavy atom. The molecule has 1 atom stereocenters. The minimum Gasteiger partial charge on any atom is -0.538 e. The third-order valence-corrected chi connectivity index (χ3v) is 5.30. The lowest BCUT2D eigenvalue weighted by Crippen LogP contribution is -2.36. The Balaban J connectivity index is 1.79. The van der Waals surface area contributed by atoms with Crippen LogP contribution in [0.15, 0.2) is 52.0 Å². The average Bonchev–Trinajstić information content (AvgIpc) is 3.08. The molecular formula is C20H21N3O5S. The van der Waals surface area contributed by atoms with E-state index in [9.17, 15) is 9.90 Å². The largest absolute Gasteiger partial charge is 0.538 e. The highest BCUT2D eigenvalue weighted by Gasteiger charge is 2.27. The fraction of sp³-hybridized carbons (Fsp3) is 0.250. The van der Waals surface area contributed by atoms with Crippen LogP contribution in [0, 0.1) is 6.92 Å². The number of hydrogen-bond acceptors (Lipinski definition) is 7. The van der Waals surface area contributed by atoms with Crippen LogP contribution in [0.1, 0.15) is 12.5 Å². The number of carbonyl (C=O) groups excluding carboxylic acids is 1. The molecule has 2 aromatic carbocycles. The van der Waals surface area contributed by atoms with E-state index in [1.54, 1.807) is 25.1 Å². The Morgan fingerprint density at radius 2 is 1.93 bits per heavy atom. The molecule has 1 N–H and O–H groups in total. The molecule has 1 unspecified atom stereocenters. The van der Waals surface area contributed by atoms with E-state index in [0.717, 1.165) is 17.3 Å². The molecule has 8 nitrogen and oxygen atoms in total. The molecule has 0 aliphatic rings. The molecule has 29 heavy (non-hydrogen) atoms. The van der Waals surface area contributed by atoms with E-state index < -0.39 is 11.2 Å². The number of methoxy groups -OCH3 is 2. The monoisotopic (exact) mass is 415 g/mol. The number of benzene rings is 2. The second-order valence-corrected chi connectivity index (χ2v) is 7.56. The maximum atomic E-state index is 12.7. The van der Waals surface area contributed by atoms with Crippen LogP contribution in [0.4, 0.5) is 5.69 Å². The van der Waals surface area contributed by atoms with Gasteiger partial charge >= 0.3 is 0 Å². The number of rotatable bonds is 7. The Kier molecular flexibility index (Phi) is 6.28. The molecule has 1 aromatic heterocycles. The minimum atomic E-state index is -0.603. The number of aryl methyl sites for hydroxylation is 1. The van der Waals surface area contributed by atoms with Crippen LogP contribution in [-0.4, -0.2) is 30.6 Å². The molecule has 0 saturated heterocycles. The van der Waals surface area contributed by atoms with Gasteiger partial charge in [0, 0.05) is 18.2 Å². The second-order valence-electron chi connectivity index (χ2n) is 6.23. The van der Waals surface area contributed by atoms with Gasteiger partial charge in [0.15, 0.2) is 5.95 Å². The molecule has 1 heterocycles. The fourth-order valence-electron chi connectivity index (χ4n) is 2.56. The van der Waals surface area contributed by atoms with Crippen LogP contribution in [0.3, 0.4) is 0 Å². The van der Waals surface area contributed by atoms with E-state index in [4.69, 9.17) is 14.0 Å². The van der Waals surface area contributed by atoms with Crippen molar-refractivity contribution in [2.75, 3.05) is 19.5 Å². The topological polar surface area (TPSA) is 101 Å². The number of ether oxygens (including phenoxy) is 2. The summed E-state index contributed by atoms with van der Waals surface area (Å²) in [6.07, 6.45) is 0. The van der Waals surface area contributed by atoms with E-state index in [-0.39, 0.29) is 10.9 Å². The van der Waals surface area contributed by atoms with Gasteiger partial charge in [0.1, 0.15) is 11.5 Å². The number of aromatic nitrogens is 2. The summed E-state index contributed by atoms with van der Waals surface area (Å²) in [7, 11) is 3.05. The van der Waals surface area contributed by atoms with Crippen LogP contribution in [0.2, 0.25) is 0 Å². The Morgan fingerprint density at radius 1 is 1.21 bits per heavy atom. The predicted octanol–water partition coefficient (Wildman–Crippen LogP) is 2.47. The molecule has 0 bridgehead atoms. The highest BCUT2D eigenvalue weighted by atomic mass is 32.2. The van der Waals surface area contributed by atoms with Gasteiger partial charge in [-0.05, 0) is 42.4 Å². The molecular weight excluding hydrogens is 394 g/mol. The standard InChI is InChI=1S/C20H21N3O5S/c1-12-5-7-14(8-6-12)23-19(20(25)28-22-23)29-13(2)18(24)21-16-11-15(26-3)9-10-17(16)27-4/h5-11,13H,1-4H3,(H-,21,22,24,25). The van der Waals surface area contributed by atoms with Crippen molar-refractivity contribution in [1.82, 2.24) is 5.27 Å². The molecule has 1 amide bonds. The lowest BCUT2D eigenvalue weighted by atomic mass is 10.2. The van der Waals surface area contributed by atoms with Gasteiger partial charge in [-0.1, -0.05) is 17.7 Å². The van der Waals surface area contributed by atoms with Crippen LogP contribution in [-0.2, 0) is 4.79 Å². The summed E-state index contributed by atoms with van der Waals surface area (Å²) >= 11 is 1.06. The van der Waals surface area contributed by atoms with Gasteiger partial charge < -0.3 is 24.4 Å². The van der Waals surface area contributed by atoms with Gasteiger partial charge in [-0.25, -0.2) is 0 Å². The summed E-state index contributed by atoms with van der Waals surface area (Å²) in [4.78, 5) is 12.7. The number of amides is 1. The summed E-state index contributed by atoms with van der Waals surface area (Å²) < 4.78 is 16.7. The zero-order chi connectivity index (χ0) is 21.0. The number of anilines is 1. The summed E-state index contributed by atoms with van der Waals surface area (Å²) in [5, 5.41) is 18.4. The number of thioether (sulfide) groups is 1. The summed E-state index contributed by atoms with van der Waals surface area (Å²) in [5.74, 6) is 0.173. The first-order valence-electron chi connectivity index (χ1n) is 8.78. The molecule has 152 valence electrons. The first kappa shape index (κ1) is 20.5. The molecule has 0 saturated carbocycles. The Bertz CT molecular complexity index is 1000. The smallest absolute Gasteiger partial charge is 0.298 e. The molecule has 9 heteroatoms. The van der Waals surface area contributed by atoms with Crippen molar-refractivity contribution in [1.29, 1.82) is 0 Å². The highest BCUT2D eigenvalue weighted by molar-refractivity contribution is 8.00. The van der Waals surface area contributed by atoms with Crippen LogP contribution >= 0.6 is 11.8 Å². The van der Waals surface area contributed by atoms with Gasteiger partial charge in [0.05, 0.1) is 30.4 Å². The van der Waals surface area contributed by atoms with Crippen molar-refractivity contribution in [2.24, 2.45) is 0 Å². The fourth-order valence-corrected chi connectivity index (χ4v) is 3.43. The number of carbonyl (C=O) groups is 1. The number of nitrogens with one attached hydrogen (secondary N) is 1. The first-order chi connectivity index (χ1) is 13.9. The third kappa shape index (κ3) is 4.62. The summed E-state index contributed by atoms with van der Waals surface area (Å²) in [5.41, 5.74) is 2.23. The minimum absolute atomic E-state index is 0.217. The molecule has 0 aliphatic heterocycles. The van der Waals surface area contributed by atoms with E-state index in [1.807, 2.05) is 31.2 Å². The number of hydrogen-bond donors (Lipinski definition) is 1. The van der Waals surface area contributed by atoms with Crippen molar-refractivity contribution >= 4 is 23.4 Å². The molecule has 0 aliphatic carbocycles. The van der Waals surface area contributed by atoms with Gasteiger partial charge in [-0.15, -0.1) is 0 Å². The maximum absolute atomic E-state index is 12.7. The van der Waals surface area contributed by atoms with E-state index in [0.29, 0.717) is 22.9 Å². The summed E-state index contributed by atoms with van der Waals surface area (Å²) in [6.45, 7) is 3.66. The zero-order valence-electron chi connectivity index (χ0n) is 16.5. The van der Waals surface area contributed by atoms with Crippen molar-refractivity contribution in [3.63, 3.8) is 0 Å². The summed E-state index contributed by atoms with van der Waals surface area (Å²) in [6, 6.07) is 12.6.